The Balaban J connectivity index is 0.000000176. The number of rotatable bonds is 7. The van der Waals surface area contributed by atoms with Crippen LogP contribution in [0.15, 0.2) is 73.8 Å². The Hall–Kier alpha value is -7.95. The Kier molecular flexibility index (Phi) is 16.0. The monoisotopic (exact) mass is 934 g/mol. The van der Waals surface area contributed by atoms with Crippen LogP contribution in [0.5, 0.6) is 0 Å². The van der Waals surface area contributed by atoms with E-state index in [9.17, 15) is 24.0 Å². The summed E-state index contributed by atoms with van der Waals surface area (Å²) < 4.78 is 8.59. The van der Waals surface area contributed by atoms with Crippen molar-refractivity contribution in [1.82, 2.24) is 60.1 Å². The third kappa shape index (κ3) is 13.6. The van der Waals surface area contributed by atoms with Gasteiger partial charge in [0.2, 0.25) is 0 Å². The van der Waals surface area contributed by atoms with Crippen LogP contribution in [-0.2, 0) is 23.9 Å². The summed E-state index contributed by atoms with van der Waals surface area (Å²) >= 11 is 0. The number of hydrogen-bond acceptors (Lipinski definition) is 14. The van der Waals surface area contributed by atoms with Crippen LogP contribution in [0.3, 0.4) is 0 Å². The number of nitrogens with zero attached hydrogens (tertiary/aromatic N) is 9. The average molecular weight is 935 g/mol. The van der Waals surface area contributed by atoms with E-state index in [0.717, 1.165) is 48.1 Å². The van der Waals surface area contributed by atoms with Crippen LogP contribution in [0, 0.1) is 25.7 Å². The summed E-state index contributed by atoms with van der Waals surface area (Å²) in [5.74, 6) is -0.650. The Morgan fingerprint density at radius 2 is 1.35 bits per heavy atom. The first-order valence-corrected chi connectivity index (χ1v) is 22.0. The molecule has 0 saturated carbocycles. The van der Waals surface area contributed by atoms with Gasteiger partial charge in [0.05, 0.1) is 54.6 Å². The number of aryl methyl sites for hydroxylation is 2. The number of aliphatic carboxylic acids is 1. The second-order valence-corrected chi connectivity index (χ2v) is 17.8. The predicted molar refractivity (Wildman–Crippen MR) is 251 cm³/mol. The number of anilines is 4. The molecule has 23 nitrogen and oxygen atoms in total. The van der Waals surface area contributed by atoms with Gasteiger partial charge in [-0.2, -0.15) is 20.4 Å². The Bertz CT molecular complexity index is 2660. The van der Waals surface area contributed by atoms with Crippen molar-refractivity contribution in [2.75, 3.05) is 34.8 Å². The zero-order valence-corrected chi connectivity index (χ0v) is 39.0. The number of carboxylic acids is 1. The number of amides is 4. The van der Waals surface area contributed by atoms with Gasteiger partial charge in [-0.15, -0.1) is 0 Å². The van der Waals surface area contributed by atoms with E-state index in [1.54, 1.807) is 74.9 Å². The fraction of sp³-hybridized carbons (Fsp3) is 0.400. The van der Waals surface area contributed by atoms with Crippen LogP contribution in [0.2, 0.25) is 0 Å². The van der Waals surface area contributed by atoms with Gasteiger partial charge in [-0.25, -0.2) is 28.9 Å². The van der Waals surface area contributed by atoms with Crippen molar-refractivity contribution in [1.29, 1.82) is 0 Å². The molecule has 4 atom stereocenters. The predicted octanol–water partition coefficient (Wildman–Crippen LogP) is 5.24. The molecule has 0 aromatic carbocycles. The summed E-state index contributed by atoms with van der Waals surface area (Å²) in [6, 6.07) is 7.12. The van der Waals surface area contributed by atoms with Crippen LogP contribution in [0.4, 0.5) is 27.8 Å². The quantitative estimate of drug-likeness (QED) is 0.0950. The van der Waals surface area contributed by atoms with Crippen molar-refractivity contribution < 1.29 is 33.8 Å². The SMILES string of the molecule is C[C@@H]1CC[C@@H](c2cnn(-c3ccn[nH]3)c2)NC1.Cc1cc(NC(=O)C(=O)N2C[C@H](C)CC[C@H]2c2cnn(-c3ccn[nH]3)c2)cnc1N.Cc1cc(NC(=O)C(=O)O)cnc1NC(=O)OC(C)(C)C. The van der Waals surface area contributed by atoms with Gasteiger partial charge in [0.1, 0.15) is 28.9 Å². The highest BCUT2D eigenvalue weighted by Crippen LogP contribution is 2.34. The number of nitrogen functional groups attached to an aromatic ring is 1. The number of piperidine rings is 2. The number of hydrogen-bond donors (Lipinski definition) is 8. The summed E-state index contributed by atoms with van der Waals surface area (Å²) in [4.78, 5) is 68.4. The van der Waals surface area contributed by atoms with E-state index in [1.165, 1.54) is 36.9 Å². The van der Waals surface area contributed by atoms with E-state index in [2.05, 4.69) is 81.9 Å². The maximum absolute atomic E-state index is 13.0. The fourth-order valence-electron chi connectivity index (χ4n) is 7.38. The van der Waals surface area contributed by atoms with E-state index in [1.807, 2.05) is 23.1 Å². The maximum Gasteiger partial charge on any atom is 0.413 e. The minimum Gasteiger partial charge on any atom is -0.474 e. The van der Waals surface area contributed by atoms with Gasteiger partial charge < -0.3 is 36.4 Å². The number of carbonyl (C=O) groups excluding carboxylic acids is 4. The molecule has 6 aromatic heterocycles. The van der Waals surface area contributed by atoms with Crippen molar-refractivity contribution in [2.24, 2.45) is 11.8 Å². The number of carboxylic acid groups (broad SMARTS) is 1. The molecule has 2 fully saturated rings. The molecule has 68 heavy (non-hydrogen) atoms. The van der Waals surface area contributed by atoms with Crippen LogP contribution in [0.1, 0.15) is 94.6 Å². The van der Waals surface area contributed by atoms with Crippen LogP contribution >= 0.6 is 0 Å². The van der Waals surface area contributed by atoms with E-state index in [4.69, 9.17) is 15.6 Å². The highest BCUT2D eigenvalue weighted by Gasteiger charge is 2.35. The molecule has 6 aromatic rings. The number of H-pyrrole nitrogens is 2. The molecule has 2 saturated heterocycles. The Morgan fingerprint density at radius 1 is 0.765 bits per heavy atom. The molecule has 360 valence electrons. The van der Waals surface area contributed by atoms with E-state index < -0.39 is 35.4 Å². The summed E-state index contributed by atoms with van der Waals surface area (Å²) in [6.07, 6.45) is 17.2. The van der Waals surface area contributed by atoms with Gasteiger partial charge in [0.15, 0.2) is 0 Å². The van der Waals surface area contributed by atoms with Gasteiger partial charge in [-0.1, -0.05) is 13.8 Å². The highest BCUT2D eigenvalue weighted by molar-refractivity contribution is 6.39. The molecule has 2 aliphatic heterocycles. The topological polar surface area (TPSA) is 311 Å². The number of pyridine rings is 2. The molecule has 8 rings (SSSR count). The lowest BCUT2D eigenvalue weighted by Crippen LogP contribution is -2.46. The number of aromatic amines is 2. The zero-order valence-electron chi connectivity index (χ0n) is 39.0. The second kappa shape index (κ2) is 22.0. The fourth-order valence-corrected chi connectivity index (χ4v) is 7.38. The molecule has 0 spiro atoms. The van der Waals surface area contributed by atoms with Crippen LogP contribution in [0.25, 0.3) is 11.6 Å². The number of nitrogens with one attached hydrogen (secondary N) is 6. The molecular weight excluding hydrogens is 877 g/mol. The maximum atomic E-state index is 13.0. The zero-order chi connectivity index (χ0) is 49.1. The lowest BCUT2D eigenvalue weighted by molar-refractivity contribution is -0.147. The number of aromatic nitrogens is 10. The van der Waals surface area contributed by atoms with Gasteiger partial charge in [-0.05, 0) is 102 Å². The van der Waals surface area contributed by atoms with Crippen molar-refractivity contribution in [3.63, 3.8) is 0 Å². The molecule has 2 aliphatic rings. The lowest BCUT2D eigenvalue weighted by atomic mass is 9.91. The molecule has 9 N–H and O–H groups in total. The van der Waals surface area contributed by atoms with Crippen molar-refractivity contribution >= 4 is 52.8 Å². The van der Waals surface area contributed by atoms with Crippen LogP contribution in [-0.4, -0.2) is 108 Å². The van der Waals surface area contributed by atoms with E-state index in [0.29, 0.717) is 35.6 Å². The highest BCUT2D eigenvalue weighted by atomic mass is 16.6. The normalized spacial score (nSPS) is 17.9. The van der Waals surface area contributed by atoms with Gasteiger partial charge in [-0.3, -0.25) is 29.9 Å². The lowest BCUT2D eigenvalue weighted by Gasteiger charge is -2.37. The first-order chi connectivity index (χ1) is 32.3. The number of carbonyl (C=O) groups is 5. The summed E-state index contributed by atoms with van der Waals surface area (Å²) in [6.45, 7) is 14.6. The Labute approximate surface area is 392 Å². The third-order valence-corrected chi connectivity index (χ3v) is 10.9. The molecule has 0 aliphatic carbocycles. The standard InChI is InChI=1S/C20H24N8O2.C13H17N3O5.C12H17N5/c1-12-3-4-16(14-8-24-28(11-14)17-5-6-23-26-17)27(10-12)20(30)19(29)25-15-7-13(2)18(21)22-9-15;1-7-5-8(15-10(17)11(18)19)6-14-9(7)16-12(20)21-13(2,3)4;1-9-2-3-11(13-6-9)10-7-15-17(8-10)12-4-5-14-16-12/h5-9,11-12,16H,3-4,10H2,1-2H3,(H2,21,22)(H,23,26)(H,25,29);5-6H,1-4H3,(H,15,17)(H,18,19)(H,14,16,20);4-5,7-9,11,13H,2-3,6H2,1H3,(H,14,16)/t12-,16+;;9-,11+/m1.1/s1. The molecule has 23 heteroatoms. The number of likely N-dealkylation sites (tertiary alicyclic amines) is 1. The smallest absolute Gasteiger partial charge is 0.413 e. The van der Waals surface area contributed by atoms with Crippen molar-refractivity contribution in [2.45, 2.75) is 91.8 Å². The molecule has 0 unspecified atom stereocenters. The number of ether oxygens (including phenoxy) is 1. The molecule has 4 amide bonds. The minimum absolute atomic E-state index is 0.217. The molecular formula is C45H58N16O7. The number of nitrogens with two attached hydrogens (primary N) is 1. The van der Waals surface area contributed by atoms with E-state index >= 15 is 0 Å². The average Bonchev–Trinajstić information content (AvgIpc) is 4.14. The van der Waals surface area contributed by atoms with E-state index in [-0.39, 0.29) is 17.5 Å². The molecule has 0 radical (unpaired) electrons. The van der Waals surface area contributed by atoms with Crippen molar-refractivity contribution in [3.8, 4) is 11.6 Å². The van der Waals surface area contributed by atoms with Crippen molar-refractivity contribution in [3.05, 3.63) is 96.1 Å². The minimum atomic E-state index is -1.59. The molecule has 8 heterocycles. The summed E-state index contributed by atoms with van der Waals surface area (Å²) in [5, 5.41) is 41.7. The third-order valence-electron chi connectivity index (χ3n) is 10.9. The van der Waals surface area contributed by atoms with Crippen LogP contribution < -0.4 is 27.0 Å². The van der Waals surface area contributed by atoms with Gasteiger partial charge >= 0.3 is 29.8 Å². The molecule has 0 bridgehead atoms. The summed E-state index contributed by atoms with van der Waals surface area (Å²) in [5.41, 5.74) is 9.15. The summed E-state index contributed by atoms with van der Waals surface area (Å²) in [7, 11) is 0. The van der Waals surface area contributed by atoms with Gasteiger partial charge in [0.25, 0.3) is 0 Å². The first kappa shape index (κ1) is 49.5. The second-order valence-electron chi connectivity index (χ2n) is 17.8. The largest absolute Gasteiger partial charge is 0.474 e. The first-order valence-electron chi connectivity index (χ1n) is 22.0. The van der Waals surface area contributed by atoms with Gasteiger partial charge in [0, 0.05) is 48.2 Å². The Morgan fingerprint density at radius 3 is 1.91 bits per heavy atom.